The van der Waals surface area contributed by atoms with Crippen LogP contribution in [0.4, 0.5) is 0 Å². The summed E-state index contributed by atoms with van der Waals surface area (Å²) < 4.78 is 5.87. The van der Waals surface area contributed by atoms with Gasteiger partial charge in [0.15, 0.2) is 0 Å². The molecule has 1 unspecified atom stereocenters. The molecule has 1 aliphatic rings. The molecule has 0 radical (unpaired) electrons. The summed E-state index contributed by atoms with van der Waals surface area (Å²) in [5, 5.41) is 0. The quantitative estimate of drug-likeness (QED) is 0.570. The summed E-state index contributed by atoms with van der Waals surface area (Å²) >= 11 is 5.56. The first kappa shape index (κ1) is 11.7. The number of hydrogen-bond acceptors (Lipinski definition) is 1. The molecule has 2 heteroatoms. The Morgan fingerprint density at radius 2 is 2.19 bits per heavy atom. The second-order valence-corrected chi connectivity index (χ2v) is 4.35. The predicted octanol–water partition coefficient (Wildman–Crippen LogP) is 3.88. The second-order valence-electron chi connectivity index (χ2n) is 4.04. The van der Waals surface area contributed by atoms with Crippen molar-refractivity contribution in [2.45, 2.75) is 25.4 Å². The molecular weight excluding hydrogens is 220 g/mol. The van der Waals surface area contributed by atoms with E-state index in [0.717, 1.165) is 6.42 Å². The molecule has 0 heterocycles. The maximum atomic E-state index is 5.87. The van der Waals surface area contributed by atoms with Gasteiger partial charge in [-0.3, -0.25) is 0 Å². The minimum absolute atomic E-state index is 0.268. The van der Waals surface area contributed by atoms with Crippen molar-refractivity contribution in [3.8, 4) is 0 Å². The van der Waals surface area contributed by atoms with Crippen molar-refractivity contribution >= 4 is 11.6 Å². The van der Waals surface area contributed by atoms with Crippen LogP contribution < -0.4 is 0 Å². The Morgan fingerprint density at radius 3 is 3.06 bits per heavy atom. The first-order valence-corrected chi connectivity index (χ1v) is 6.35. The minimum atomic E-state index is 0.268. The van der Waals surface area contributed by atoms with E-state index in [9.17, 15) is 0 Å². The lowest BCUT2D eigenvalue weighted by atomic mass is 9.89. The van der Waals surface area contributed by atoms with Gasteiger partial charge in [-0.05, 0) is 30.4 Å². The Bertz CT molecular complexity index is 360. The molecule has 1 aliphatic carbocycles. The SMILES string of the molecule is ClCC=CCOC1CCCc2ccccc21. The summed E-state index contributed by atoms with van der Waals surface area (Å²) in [6.45, 7) is 0.658. The molecule has 0 amide bonds. The number of hydrogen-bond donors (Lipinski definition) is 0. The van der Waals surface area contributed by atoms with Gasteiger partial charge < -0.3 is 4.74 Å². The molecule has 0 saturated heterocycles. The van der Waals surface area contributed by atoms with Crippen molar-refractivity contribution in [3.63, 3.8) is 0 Å². The normalized spacial score (nSPS) is 19.9. The third kappa shape index (κ3) is 2.87. The van der Waals surface area contributed by atoms with E-state index in [1.54, 1.807) is 0 Å². The van der Waals surface area contributed by atoms with Gasteiger partial charge in [-0.25, -0.2) is 0 Å². The van der Waals surface area contributed by atoms with Crippen molar-refractivity contribution in [2.75, 3.05) is 12.5 Å². The van der Waals surface area contributed by atoms with Gasteiger partial charge in [-0.2, -0.15) is 0 Å². The lowest BCUT2D eigenvalue weighted by molar-refractivity contribution is 0.0608. The fourth-order valence-corrected chi connectivity index (χ4v) is 2.31. The smallest absolute Gasteiger partial charge is 0.0832 e. The highest BCUT2D eigenvalue weighted by atomic mass is 35.5. The van der Waals surface area contributed by atoms with Crippen molar-refractivity contribution in [1.29, 1.82) is 0 Å². The number of aryl methyl sites for hydroxylation is 1. The number of fused-ring (bicyclic) bond motifs is 1. The Morgan fingerprint density at radius 1 is 1.31 bits per heavy atom. The van der Waals surface area contributed by atoms with Crippen LogP contribution in [0.15, 0.2) is 36.4 Å². The van der Waals surface area contributed by atoms with E-state index < -0.39 is 0 Å². The molecule has 1 nitrogen and oxygen atoms in total. The molecule has 2 rings (SSSR count). The van der Waals surface area contributed by atoms with E-state index in [1.165, 1.54) is 24.0 Å². The van der Waals surface area contributed by atoms with Crippen LogP contribution in [0.1, 0.15) is 30.1 Å². The topological polar surface area (TPSA) is 9.23 Å². The van der Waals surface area contributed by atoms with Gasteiger partial charge in [0.2, 0.25) is 0 Å². The van der Waals surface area contributed by atoms with Crippen LogP contribution in [-0.2, 0) is 11.2 Å². The summed E-state index contributed by atoms with van der Waals surface area (Å²) in [5.74, 6) is 0.560. The Balaban J connectivity index is 1.99. The molecule has 0 aromatic heterocycles. The number of benzene rings is 1. The number of halogens is 1. The summed E-state index contributed by atoms with van der Waals surface area (Å²) in [7, 11) is 0. The summed E-state index contributed by atoms with van der Waals surface area (Å²) in [5.41, 5.74) is 2.81. The van der Waals surface area contributed by atoms with E-state index >= 15 is 0 Å². The number of alkyl halides is 1. The first-order valence-electron chi connectivity index (χ1n) is 5.82. The fourth-order valence-electron chi connectivity index (χ4n) is 2.19. The van der Waals surface area contributed by atoms with Crippen LogP contribution in [-0.4, -0.2) is 12.5 Å². The Labute approximate surface area is 102 Å². The van der Waals surface area contributed by atoms with Crippen LogP contribution in [0.2, 0.25) is 0 Å². The van der Waals surface area contributed by atoms with E-state index in [4.69, 9.17) is 16.3 Å². The predicted molar refractivity (Wildman–Crippen MR) is 67.9 cm³/mol. The highest BCUT2D eigenvalue weighted by Gasteiger charge is 2.19. The van der Waals surface area contributed by atoms with E-state index in [1.807, 2.05) is 12.2 Å². The van der Waals surface area contributed by atoms with E-state index in [-0.39, 0.29) is 6.10 Å². The van der Waals surface area contributed by atoms with Crippen molar-refractivity contribution in [2.24, 2.45) is 0 Å². The van der Waals surface area contributed by atoms with Gasteiger partial charge in [0.1, 0.15) is 0 Å². The van der Waals surface area contributed by atoms with Gasteiger partial charge in [0.25, 0.3) is 0 Å². The molecule has 0 saturated carbocycles. The minimum Gasteiger partial charge on any atom is -0.369 e. The molecule has 0 bridgehead atoms. The molecule has 86 valence electrons. The van der Waals surface area contributed by atoms with Gasteiger partial charge in [-0.15, -0.1) is 11.6 Å². The molecular formula is C14H17ClO. The second kappa shape index (κ2) is 6.07. The van der Waals surface area contributed by atoms with Crippen molar-refractivity contribution in [3.05, 3.63) is 47.5 Å². The highest BCUT2D eigenvalue weighted by Crippen LogP contribution is 2.32. The molecule has 1 aromatic rings. The maximum absolute atomic E-state index is 5.87. The van der Waals surface area contributed by atoms with Crippen LogP contribution in [0.5, 0.6) is 0 Å². The highest BCUT2D eigenvalue weighted by molar-refractivity contribution is 6.18. The third-order valence-electron chi connectivity index (χ3n) is 2.96. The summed E-state index contributed by atoms with van der Waals surface area (Å²) in [4.78, 5) is 0. The van der Waals surface area contributed by atoms with Gasteiger partial charge >= 0.3 is 0 Å². The zero-order chi connectivity index (χ0) is 11.2. The molecule has 0 aliphatic heterocycles. The monoisotopic (exact) mass is 236 g/mol. The lowest BCUT2D eigenvalue weighted by Gasteiger charge is -2.25. The van der Waals surface area contributed by atoms with Crippen molar-refractivity contribution < 1.29 is 4.74 Å². The fraction of sp³-hybridized carbons (Fsp3) is 0.429. The molecule has 1 aromatic carbocycles. The largest absolute Gasteiger partial charge is 0.369 e. The standard InChI is InChI=1S/C14H17ClO/c15-10-3-4-11-16-14-9-5-7-12-6-1-2-8-13(12)14/h1-4,6,8,14H,5,7,9-11H2. The van der Waals surface area contributed by atoms with Gasteiger partial charge in [0.05, 0.1) is 12.7 Å². The molecule has 0 fully saturated rings. The average molecular weight is 237 g/mol. The molecule has 1 atom stereocenters. The van der Waals surface area contributed by atoms with Crippen LogP contribution in [0, 0.1) is 0 Å². The van der Waals surface area contributed by atoms with Crippen molar-refractivity contribution in [1.82, 2.24) is 0 Å². The number of allylic oxidation sites excluding steroid dienone is 1. The van der Waals surface area contributed by atoms with E-state index in [2.05, 4.69) is 24.3 Å². The third-order valence-corrected chi connectivity index (χ3v) is 3.14. The zero-order valence-electron chi connectivity index (χ0n) is 9.36. The number of ether oxygens (including phenoxy) is 1. The van der Waals surface area contributed by atoms with Crippen LogP contribution in [0.3, 0.4) is 0 Å². The lowest BCUT2D eigenvalue weighted by Crippen LogP contribution is -2.12. The maximum Gasteiger partial charge on any atom is 0.0832 e. The van der Waals surface area contributed by atoms with Crippen LogP contribution in [0.25, 0.3) is 0 Å². The average Bonchev–Trinajstić information content (AvgIpc) is 2.35. The molecule has 0 N–H and O–H groups in total. The first-order chi connectivity index (χ1) is 7.92. The van der Waals surface area contributed by atoms with E-state index in [0.29, 0.717) is 12.5 Å². The number of rotatable bonds is 4. The molecule has 16 heavy (non-hydrogen) atoms. The Kier molecular flexibility index (Phi) is 4.44. The summed E-state index contributed by atoms with van der Waals surface area (Å²) in [6.07, 6.45) is 7.73. The zero-order valence-corrected chi connectivity index (χ0v) is 10.1. The van der Waals surface area contributed by atoms with Gasteiger partial charge in [-0.1, -0.05) is 36.4 Å². The summed E-state index contributed by atoms with van der Waals surface area (Å²) in [6, 6.07) is 8.59. The molecule has 0 spiro atoms. The van der Waals surface area contributed by atoms with Crippen LogP contribution >= 0.6 is 11.6 Å². The Hall–Kier alpha value is -0.790. The van der Waals surface area contributed by atoms with Gasteiger partial charge in [0, 0.05) is 5.88 Å².